The summed E-state index contributed by atoms with van der Waals surface area (Å²) in [4.78, 5) is 31.4. The van der Waals surface area contributed by atoms with E-state index < -0.39 is 0 Å². The molecule has 9 heteroatoms. The average molecular weight is 488 g/mol. The van der Waals surface area contributed by atoms with Gasteiger partial charge in [0.05, 0.1) is 20.8 Å². The van der Waals surface area contributed by atoms with E-state index in [2.05, 4.69) is 4.57 Å². The summed E-state index contributed by atoms with van der Waals surface area (Å²) in [6, 6.07) is 13.6. The van der Waals surface area contributed by atoms with E-state index in [4.69, 9.17) is 14.5 Å². The normalized spacial score (nSPS) is 11.5. The summed E-state index contributed by atoms with van der Waals surface area (Å²) in [7, 11) is 4.89. The van der Waals surface area contributed by atoms with E-state index in [1.165, 1.54) is 9.13 Å². The zero-order chi connectivity index (χ0) is 25.6. The topological polar surface area (TPSA) is 84.7 Å². The molecule has 3 aromatic heterocycles. The van der Waals surface area contributed by atoms with Crippen molar-refractivity contribution in [3.63, 3.8) is 0 Å². The second-order valence-electron chi connectivity index (χ2n) is 8.97. The number of ether oxygens (including phenoxy) is 2. The van der Waals surface area contributed by atoms with Gasteiger partial charge in [-0.3, -0.25) is 18.3 Å². The van der Waals surface area contributed by atoms with Crippen molar-refractivity contribution in [1.29, 1.82) is 0 Å². The predicted octanol–water partition coefficient (Wildman–Crippen LogP) is 3.07. The molecule has 5 rings (SSSR count). The lowest BCUT2D eigenvalue weighted by atomic mass is 10.1. The number of methoxy groups -OCH3 is 2. The van der Waals surface area contributed by atoms with Gasteiger partial charge >= 0.3 is 5.69 Å². The number of imidazole rings is 2. The molecule has 0 bridgehead atoms. The SMILES string of the molecule is COc1ccc(CCn2c(C)cn3c4c(=O)n(Cc5ccccc5C)c(=O)n(C)c4nc23)cc1OC. The van der Waals surface area contributed by atoms with Crippen LogP contribution < -0.4 is 20.7 Å². The van der Waals surface area contributed by atoms with Crippen LogP contribution in [0.25, 0.3) is 16.9 Å². The van der Waals surface area contributed by atoms with Gasteiger partial charge in [0.1, 0.15) is 0 Å². The Morgan fingerprint density at radius 2 is 1.69 bits per heavy atom. The summed E-state index contributed by atoms with van der Waals surface area (Å²) in [6.45, 7) is 4.82. The molecule has 186 valence electrons. The first-order valence-corrected chi connectivity index (χ1v) is 11.8. The Kier molecular flexibility index (Phi) is 5.91. The smallest absolute Gasteiger partial charge is 0.332 e. The van der Waals surface area contributed by atoms with Crippen molar-refractivity contribution in [3.05, 3.63) is 91.9 Å². The molecule has 36 heavy (non-hydrogen) atoms. The number of nitrogens with zero attached hydrogens (tertiary/aromatic N) is 5. The van der Waals surface area contributed by atoms with E-state index in [-0.39, 0.29) is 17.8 Å². The van der Waals surface area contributed by atoms with Crippen molar-refractivity contribution in [2.75, 3.05) is 14.2 Å². The van der Waals surface area contributed by atoms with Crippen LogP contribution in [-0.4, -0.2) is 37.3 Å². The van der Waals surface area contributed by atoms with E-state index in [1.54, 1.807) is 25.7 Å². The summed E-state index contributed by atoms with van der Waals surface area (Å²) in [6.07, 6.45) is 2.63. The molecule has 0 amide bonds. The molecule has 0 aliphatic carbocycles. The molecule has 0 unspecified atom stereocenters. The molecule has 0 saturated carbocycles. The average Bonchev–Trinajstić information content (AvgIpc) is 3.39. The minimum atomic E-state index is -0.384. The molecule has 0 N–H and O–H groups in total. The highest BCUT2D eigenvalue weighted by atomic mass is 16.5. The summed E-state index contributed by atoms with van der Waals surface area (Å²) in [5.74, 6) is 1.99. The van der Waals surface area contributed by atoms with E-state index in [1.807, 2.05) is 62.5 Å². The van der Waals surface area contributed by atoms with Gasteiger partial charge in [-0.15, -0.1) is 0 Å². The number of aryl methyl sites for hydroxylation is 5. The standard InChI is InChI=1S/C27H29N5O4/c1-17-8-6-7-9-20(17)16-32-25(33)23-24(29(3)27(32)34)28-26-30(18(2)15-31(23)26)13-12-19-10-11-21(35-4)22(14-19)36-5/h6-11,14-15H,12-13,16H2,1-5H3. The van der Waals surface area contributed by atoms with Crippen LogP contribution in [0.5, 0.6) is 11.5 Å². The van der Waals surface area contributed by atoms with Crippen molar-refractivity contribution in [2.24, 2.45) is 7.05 Å². The van der Waals surface area contributed by atoms with Crippen LogP contribution in [0.3, 0.4) is 0 Å². The van der Waals surface area contributed by atoms with Crippen LogP contribution in [0, 0.1) is 13.8 Å². The number of benzene rings is 2. The van der Waals surface area contributed by atoms with Gasteiger partial charge < -0.3 is 14.0 Å². The van der Waals surface area contributed by atoms with E-state index in [0.717, 1.165) is 28.8 Å². The van der Waals surface area contributed by atoms with Crippen LogP contribution in [0.15, 0.2) is 58.3 Å². The Morgan fingerprint density at radius 1 is 0.944 bits per heavy atom. The van der Waals surface area contributed by atoms with E-state index in [0.29, 0.717) is 35.0 Å². The molecule has 0 aliphatic rings. The second kappa shape index (κ2) is 9.07. The zero-order valence-electron chi connectivity index (χ0n) is 21.1. The lowest BCUT2D eigenvalue weighted by Gasteiger charge is -2.10. The first kappa shape index (κ1) is 23.5. The summed E-state index contributed by atoms with van der Waals surface area (Å²) in [5, 5.41) is 0. The van der Waals surface area contributed by atoms with Gasteiger partial charge in [-0.1, -0.05) is 30.3 Å². The van der Waals surface area contributed by atoms with Crippen LogP contribution >= 0.6 is 0 Å². The molecular formula is C27H29N5O4. The highest BCUT2D eigenvalue weighted by molar-refractivity contribution is 5.75. The van der Waals surface area contributed by atoms with Crippen LogP contribution in [0.1, 0.15) is 22.4 Å². The Bertz CT molecular complexity index is 1720. The first-order chi connectivity index (χ1) is 17.3. The first-order valence-electron chi connectivity index (χ1n) is 11.8. The molecular weight excluding hydrogens is 458 g/mol. The van der Waals surface area contributed by atoms with Gasteiger partial charge in [0.2, 0.25) is 5.78 Å². The third kappa shape index (κ3) is 3.77. The molecule has 0 aliphatic heterocycles. The maximum absolute atomic E-state index is 13.6. The van der Waals surface area contributed by atoms with Gasteiger partial charge in [-0.25, -0.2) is 4.79 Å². The predicted molar refractivity (Wildman–Crippen MR) is 138 cm³/mol. The van der Waals surface area contributed by atoms with Gasteiger partial charge in [0, 0.05) is 25.5 Å². The van der Waals surface area contributed by atoms with Crippen LogP contribution in [0.4, 0.5) is 0 Å². The largest absolute Gasteiger partial charge is 0.493 e. The fourth-order valence-corrected chi connectivity index (χ4v) is 4.71. The van der Waals surface area contributed by atoms with Crippen molar-refractivity contribution >= 4 is 16.9 Å². The number of hydrogen-bond acceptors (Lipinski definition) is 5. The monoisotopic (exact) mass is 487 g/mol. The van der Waals surface area contributed by atoms with E-state index >= 15 is 0 Å². The number of fused-ring (bicyclic) bond motifs is 3. The van der Waals surface area contributed by atoms with Gasteiger partial charge in [0.15, 0.2) is 22.7 Å². The molecule has 0 spiro atoms. The summed E-state index contributed by atoms with van der Waals surface area (Å²) < 4.78 is 17.4. The highest BCUT2D eigenvalue weighted by Crippen LogP contribution is 2.28. The van der Waals surface area contributed by atoms with Crippen molar-refractivity contribution < 1.29 is 9.47 Å². The summed E-state index contributed by atoms with van der Waals surface area (Å²) in [5.41, 5.74) is 4.06. The Hall–Kier alpha value is -4.27. The van der Waals surface area contributed by atoms with Crippen LogP contribution in [0.2, 0.25) is 0 Å². The van der Waals surface area contributed by atoms with Crippen molar-refractivity contribution in [1.82, 2.24) is 23.1 Å². The van der Waals surface area contributed by atoms with Gasteiger partial charge in [-0.2, -0.15) is 4.98 Å². The third-order valence-electron chi connectivity index (χ3n) is 6.80. The Morgan fingerprint density at radius 3 is 2.42 bits per heavy atom. The van der Waals surface area contributed by atoms with Crippen molar-refractivity contribution in [3.8, 4) is 11.5 Å². The van der Waals surface area contributed by atoms with Crippen LogP contribution in [-0.2, 0) is 26.6 Å². The minimum Gasteiger partial charge on any atom is -0.493 e. The lowest BCUT2D eigenvalue weighted by molar-refractivity contribution is 0.354. The fraction of sp³-hybridized carbons (Fsp3) is 0.296. The van der Waals surface area contributed by atoms with Gasteiger partial charge in [0.25, 0.3) is 5.56 Å². The maximum atomic E-state index is 13.6. The number of aromatic nitrogens is 5. The molecule has 0 saturated heterocycles. The Labute approximate surface area is 207 Å². The zero-order valence-corrected chi connectivity index (χ0v) is 21.1. The number of hydrogen-bond donors (Lipinski definition) is 0. The lowest BCUT2D eigenvalue weighted by Crippen LogP contribution is -2.39. The molecule has 0 radical (unpaired) electrons. The molecule has 0 fully saturated rings. The quantitative estimate of drug-likeness (QED) is 0.352. The fourth-order valence-electron chi connectivity index (χ4n) is 4.71. The third-order valence-corrected chi connectivity index (χ3v) is 6.80. The summed E-state index contributed by atoms with van der Waals surface area (Å²) >= 11 is 0. The maximum Gasteiger partial charge on any atom is 0.332 e. The molecule has 0 atom stereocenters. The Balaban J connectivity index is 1.58. The molecule has 2 aromatic carbocycles. The highest BCUT2D eigenvalue weighted by Gasteiger charge is 2.20. The second-order valence-corrected chi connectivity index (χ2v) is 8.97. The van der Waals surface area contributed by atoms with E-state index in [9.17, 15) is 9.59 Å². The minimum absolute atomic E-state index is 0.209. The molecule has 9 nitrogen and oxygen atoms in total. The molecule has 5 aromatic rings. The number of rotatable bonds is 7. The van der Waals surface area contributed by atoms with Gasteiger partial charge in [-0.05, 0) is 49.1 Å². The molecule has 3 heterocycles. The van der Waals surface area contributed by atoms with Crippen molar-refractivity contribution in [2.45, 2.75) is 33.4 Å².